The maximum Gasteiger partial charge on any atom is 0.416 e. The van der Waals surface area contributed by atoms with Crippen LogP contribution in [0.4, 0.5) is 13.2 Å². The van der Waals surface area contributed by atoms with Crippen LogP contribution in [0.2, 0.25) is 0 Å². The third-order valence-corrected chi connectivity index (χ3v) is 7.18. The fraction of sp³-hybridized carbons (Fsp3) is 0.640. The molecule has 0 aromatic rings. The number of aliphatic imine (C=N–C) groups is 1. The van der Waals surface area contributed by atoms with Crippen molar-refractivity contribution in [2.45, 2.75) is 95.3 Å². The molecule has 2 aliphatic carbocycles. The van der Waals surface area contributed by atoms with Crippen LogP contribution in [0, 0.1) is 0 Å². The summed E-state index contributed by atoms with van der Waals surface area (Å²) in [5.41, 5.74) is -0.781. The zero-order chi connectivity index (χ0) is 27.1. The lowest BCUT2D eigenvalue weighted by molar-refractivity contribution is -0.613. The van der Waals surface area contributed by atoms with Crippen LogP contribution in [0.25, 0.3) is 0 Å². The quantitative estimate of drug-likeness (QED) is 0.431. The summed E-state index contributed by atoms with van der Waals surface area (Å²) in [4.78, 5) is 31.4. The number of carbonyl (C=O) groups is 2. The van der Waals surface area contributed by atoms with E-state index in [9.17, 15) is 28.0 Å². The summed E-state index contributed by atoms with van der Waals surface area (Å²) in [5.74, 6) is -0.0631. The van der Waals surface area contributed by atoms with Gasteiger partial charge in [0, 0.05) is 30.1 Å². The van der Waals surface area contributed by atoms with E-state index in [1.807, 2.05) is 0 Å². The van der Waals surface area contributed by atoms with Gasteiger partial charge in [0.05, 0.1) is 18.5 Å². The van der Waals surface area contributed by atoms with Crippen LogP contribution >= 0.6 is 0 Å². The average Bonchev–Trinajstić information content (AvgIpc) is 3.13. The highest BCUT2D eigenvalue weighted by molar-refractivity contribution is 5.85. The number of hydrogen-bond donors (Lipinski definition) is 4. The number of rotatable bonds is 5. The lowest BCUT2D eigenvalue weighted by Gasteiger charge is -2.41. The number of fused-ring (bicyclic) bond motifs is 1. The molecule has 2 aliphatic heterocycles. The van der Waals surface area contributed by atoms with E-state index >= 15 is 0 Å². The van der Waals surface area contributed by atoms with Gasteiger partial charge in [0.2, 0.25) is 5.91 Å². The molecule has 37 heavy (non-hydrogen) atoms. The Hall–Kier alpha value is -2.70. The number of alkyl halides is 3. The Morgan fingerprint density at radius 2 is 1.95 bits per heavy atom. The second-order valence-electron chi connectivity index (χ2n) is 11.3. The van der Waals surface area contributed by atoms with Crippen LogP contribution in [-0.4, -0.2) is 81.8 Å². The fourth-order valence-corrected chi connectivity index (χ4v) is 5.73. The number of hydrogen-bond acceptors (Lipinski definition) is 7. The highest BCUT2D eigenvalue weighted by Crippen LogP contribution is 2.34. The summed E-state index contributed by atoms with van der Waals surface area (Å²) in [7, 11) is 0. The van der Waals surface area contributed by atoms with Crippen LogP contribution in [0.5, 0.6) is 0 Å². The zero-order valence-electron chi connectivity index (χ0n) is 21.5. The predicted molar refractivity (Wildman–Crippen MR) is 130 cm³/mol. The molecule has 12 heteroatoms. The molecule has 0 radical (unpaired) electrons. The van der Waals surface area contributed by atoms with E-state index in [1.54, 1.807) is 10.2 Å². The topological polar surface area (TPSA) is 114 Å². The van der Waals surface area contributed by atoms with Crippen molar-refractivity contribution in [1.82, 2.24) is 20.6 Å². The number of likely N-dealkylation sites (tertiary alicyclic amines) is 1. The summed E-state index contributed by atoms with van der Waals surface area (Å²) < 4.78 is 40.0. The van der Waals surface area contributed by atoms with Gasteiger partial charge in [-0.25, -0.2) is 14.9 Å². The van der Waals surface area contributed by atoms with Gasteiger partial charge in [-0.1, -0.05) is 12.2 Å². The van der Waals surface area contributed by atoms with Gasteiger partial charge >= 0.3 is 12.1 Å². The minimum absolute atomic E-state index is 0.0339. The Kier molecular flexibility index (Phi) is 7.55. The van der Waals surface area contributed by atoms with E-state index < -0.39 is 23.8 Å². The number of nitrogens with one attached hydrogen (secondary N) is 2. The second kappa shape index (κ2) is 10.2. The second-order valence-corrected chi connectivity index (χ2v) is 11.3. The molecular weight excluding hydrogens is 489 g/mol. The van der Waals surface area contributed by atoms with Gasteiger partial charge in [-0.2, -0.15) is 13.2 Å². The molecule has 0 bridgehead atoms. The third kappa shape index (κ3) is 6.24. The van der Waals surface area contributed by atoms with E-state index in [0.29, 0.717) is 13.0 Å². The van der Waals surface area contributed by atoms with E-state index in [1.165, 1.54) is 13.0 Å². The number of halogens is 3. The van der Waals surface area contributed by atoms with Gasteiger partial charge in [-0.3, -0.25) is 15.3 Å². The molecular formula is C25H36F3N6O3+. The molecule has 4 rings (SSSR count). The first-order valence-corrected chi connectivity index (χ1v) is 12.7. The first kappa shape index (κ1) is 27.3. The molecule has 0 aromatic heterocycles. The summed E-state index contributed by atoms with van der Waals surface area (Å²) in [6, 6.07) is -1.47. The number of quaternary nitrogens is 1. The Labute approximate surface area is 214 Å². The van der Waals surface area contributed by atoms with Crippen LogP contribution in [0.1, 0.15) is 53.4 Å². The number of nitrogens with zero attached hydrogens (tertiary/aromatic N) is 3. The largest absolute Gasteiger partial charge is 0.416 e. The molecule has 0 aromatic carbocycles. The summed E-state index contributed by atoms with van der Waals surface area (Å²) in [5, 5.41) is 19.2. The number of nitrogens with two attached hydrogens (primary N) is 1. The van der Waals surface area contributed by atoms with Crippen molar-refractivity contribution in [3.05, 3.63) is 35.2 Å². The maximum atomic E-state index is 13.5. The molecule has 9 nitrogen and oxygen atoms in total. The molecule has 4 aliphatic rings. The Morgan fingerprint density at radius 3 is 2.59 bits per heavy atom. The smallest absolute Gasteiger partial charge is 0.358 e. The Balaban J connectivity index is 1.50. The number of allylic oxidation sites excluding steroid dienone is 2. The monoisotopic (exact) mass is 525 g/mol. The van der Waals surface area contributed by atoms with Gasteiger partial charge in [0.1, 0.15) is 30.3 Å². The van der Waals surface area contributed by atoms with E-state index in [2.05, 4.69) is 36.4 Å². The highest BCUT2D eigenvalue weighted by atomic mass is 19.4. The van der Waals surface area contributed by atoms with Crippen molar-refractivity contribution >= 4 is 18.2 Å². The molecule has 4 unspecified atom stereocenters. The van der Waals surface area contributed by atoms with Gasteiger partial charge in [0.15, 0.2) is 0 Å². The highest BCUT2D eigenvalue weighted by Gasteiger charge is 2.45. The number of amides is 2. The SMILES string of the molecule is CC(=O)[NH2+]C1C[C@H](NC(C)(C)C)CCC1N1CCC(NC2=C3C=C(C(F)(F)F)C=CC3N(O)C=N2)C1=O. The van der Waals surface area contributed by atoms with Crippen LogP contribution in [-0.2, 0) is 9.59 Å². The van der Waals surface area contributed by atoms with E-state index in [4.69, 9.17) is 0 Å². The molecule has 2 amide bonds. The van der Waals surface area contributed by atoms with Crippen molar-refractivity contribution in [1.29, 1.82) is 0 Å². The normalized spacial score (nSPS) is 30.5. The molecule has 1 saturated heterocycles. The van der Waals surface area contributed by atoms with E-state index in [-0.39, 0.29) is 46.9 Å². The molecule has 2 fully saturated rings. The van der Waals surface area contributed by atoms with Crippen molar-refractivity contribution in [3.63, 3.8) is 0 Å². The Bertz CT molecular complexity index is 1050. The lowest BCUT2D eigenvalue weighted by atomic mass is 9.84. The van der Waals surface area contributed by atoms with Crippen molar-refractivity contribution in [2.75, 3.05) is 6.54 Å². The zero-order valence-corrected chi connectivity index (χ0v) is 21.5. The molecule has 1 saturated carbocycles. The average molecular weight is 526 g/mol. The molecule has 5 N–H and O–H groups in total. The lowest BCUT2D eigenvalue weighted by Crippen LogP contribution is -2.96. The number of hydroxylamine groups is 2. The van der Waals surface area contributed by atoms with Crippen molar-refractivity contribution < 1.29 is 33.3 Å². The molecule has 204 valence electrons. The molecule has 5 atom stereocenters. The van der Waals surface area contributed by atoms with Gasteiger partial charge < -0.3 is 15.5 Å². The van der Waals surface area contributed by atoms with Crippen LogP contribution in [0.3, 0.4) is 0 Å². The summed E-state index contributed by atoms with van der Waals surface area (Å²) in [6.45, 7) is 8.29. The standard InChI is InChI=1S/C25H35F3N6O3/c1-14(35)30-19-12-16(32-24(2,3)4)6-8-21(19)33-10-9-18(23(33)36)31-22-17-11-15(25(26,27)28)5-7-20(17)34(37)13-29-22/h5,7,11,13,16,18-21,31-32,37H,6,8-10,12H2,1-4H3,(H,30,35)/p+1/t16-,18?,19?,20?,21?/m1/s1. The first-order valence-electron chi connectivity index (χ1n) is 12.7. The van der Waals surface area contributed by atoms with E-state index in [0.717, 1.165) is 42.8 Å². The maximum absolute atomic E-state index is 13.5. The Morgan fingerprint density at radius 1 is 1.22 bits per heavy atom. The van der Waals surface area contributed by atoms with Crippen molar-refractivity contribution in [2.24, 2.45) is 4.99 Å². The van der Waals surface area contributed by atoms with Crippen molar-refractivity contribution in [3.8, 4) is 0 Å². The van der Waals surface area contributed by atoms with Gasteiger partial charge in [0.25, 0.3) is 0 Å². The first-order chi connectivity index (χ1) is 17.2. The minimum atomic E-state index is -4.55. The number of primary amides is 1. The molecule has 2 heterocycles. The number of carbonyl (C=O) groups excluding carboxylic acids is 2. The predicted octanol–water partition coefficient (Wildman–Crippen LogP) is 1.34. The third-order valence-electron chi connectivity index (χ3n) is 7.18. The summed E-state index contributed by atoms with van der Waals surface area (Å²) in [6.07, 6.45) is 2.51. The van der Waals surface area contributed by atoms with Gasteiger partial charge in [-0.15, -0.1) is 0 Å². The van der Waals surface area contributed by atoms with Crippen LogP contribution < -0.4 is 16.0 Å². The fourth-order valence-electron chi connectivity index (χ4n) is 5.73. The van der Waals surface area contributed by atoms with Crippen LogP contribution in [0.15, 0.2) is 40.2 Å². The minimum Gasteiger partial charge on any atom is -0.358 e. The molecule has 0 spiro atoms. The summed E-state index contributed by atoms with van der Waals surface area (Å²) >= 11 is 0. The van der Waals surface area contributed by atoms with Gasteiger partial charge in [-0.05, 0) is 46.1 Å².